The number of guanidine groups is 1. The lowest BCUT2D eigenvalue weighted by Gasteiger charge is -2.18. The van der Waals surface area contributed by atoms with E-state index in [9.17, 15) is 4.79 Å². The first-order chi connectivity index (χ1) is 14.2. The molecule has 2 unspecified atom stereocenters. The Hall–Kier alpha value is -1.25. The van der Waals surface area contributed by atoms with Gasteiger partial charge in [0.2, 0.25) is 5.91 Å². The van der Waals surface area contributed by atoms with Crippen LogP contribution in [-0.2, 0) is 11.2 Å². The Morgan fingerprint density at radius 2 is 2.17 bits per heavy atom. The van der Waals surface area contributed by atoms with E-state index < -0.39 is 0 Å². The molecule has 1 aliphatic carbocycles. The molecule has 6 nitrogen and oxygen atoms in total. The number of nitrogens with one attached hydrogen (secondary N) is 2. The van der Waals surface area contributed by atoms with Crippen LogP contribution in [0.25, 0.3) is 0 Å². The highest BCUT2D eigenvalue weighted by molar-refractivity contribution is 14.0. The molecule has 1 amide bonds. The topological polar surface area (TPSA) is 69.9 Å². The van der Waals surface area contributed by atoms with E-state index >= 15 is 0 Å². The largest absolute Gasteiger partial charge is 0.469 e. The zero-order chi connectivity index (χ0) is 20.5. The average molecular weight is 530 g/mol. The normalized spacial score (nSPS) is 20.2. The van der Waals surface area contributed by atoms with Gasteiger partial charge in [0.05, 0.1) is 6.26 Å². The van der Waals surface area contributed by atoms with Crippen LogP contribution in [-0.4, -0.2) is 49.0 Å². The van der Waals surface area contributed by atoms with E-state index in [4.69, 9.17) is 9.41 Å². The third kappa shape index (κ3) is 8.12. The molecule has 0 aromatic carbocycles. The molecule has 2 fully saturated rings. The molecule has 1 saturated heterocycles. The van der Waals surface area contributed by atoms with Crippen LogP contribution in [0.2, 0.25) is 0 Å². The smallest absolute Gasteiger partial charge is 0.223 e. The maximum absolute atomic E-state index is 12.2. The molecule has 2 heterocycles. The zero-order valence-corrected chi connectivity index (χ0v) is 20.9. The number of furan rings is 1. The molecule has 0 bridgehead atoms. The van der Waals surface area contributed by atoms with Gasteiger partial charge in [-0.3, -0.25) is 9.79 Å². The summed E-state index contributed by atoms with van der Waals surface area (Å²) >= 11 is 0. The van der Waals surface area contributed by atoms with E-state index in [2.05, 4.69) is 29.4 Å². The van der Waals surface area contributed by atoms with E-state index in [0.29, 0.717) is 30.2 Å². The van der Waals surface area contributed by atoms with Crippen molar-refractivity contribution in [3.8, 4) is 0 Å². The van der Waals surface area contributed by atoms with Gasteiger partial charge in [-0.2, -0.15) is 0 Å². The van der Waals surface area contributed by atoms with E-state index in [1.54, 1.807) is 6.26 Å². The predicted octanol–water partition coefficient (Wildman–Crippen LogP) is 4.20. The lowest BCUT2D eigenvalue weighted by atomic mass is 10.00. The van der Waals surface area contributed by atoms with Gasteiger partial charge in [0.25, 0.3) is 0 Å². The minimum atomic E-state index is 0. The summed E-state index contributed by atoms with van der Waals surface area (Å²) < 4.78 is 5.43. The maximum Gasteiger partial charge on any atom is 0.223 e. The molecule has 2 atom stereocenters. The van der Waals surface area contributed by atoms with Crippen molar-refractivity contribution >= 4 is 35.8 Å². The van der Waals surface area contributed by atoms with Gasteiger partial charge in [0.1, 0.15) is 5.76 Å². The molecule has 2 N–H and O–H groups in total. The summed E-state index contributed by atoms with van der Waals surface area (Å²) in [6, 6.07) is 4.45. The van der Waals surface area contributed by atoms with Gasteiger partial charge in [-0.15, -0.1) is 24.0 Å². The fraction of sp³-hybridized carbons (Fsp3) is 0.739. The van der Waals surface area contributed by atoms with Gasteiger partial charge >= 0.3 is 0 Å². The lowest BCUT2D eigenvalue weighted by molar-refractivity contribution is -0.128. The highest BCUT2D eigenvalue weighted by Crippen LogP contribution is 2.32. The summed E-state index contributed by atoms with van der Waals surface area (Å²) in [4.78, 5) is 19.2. The van der Waals surface area contributed by atoms with Crippen LogP contribution in [0.1, 0.15) is 64.6 Å². The highest BCUT2D eigenvalue weighted by atomic mass is 127. The SMILES string of the molecule is CCCCC(CC)CN=C(NCCc1ccco1)NCC1CC(=O)N(C2CC2)C1.I. The first-order valence-electron chi connectivity index (χ1n) is 11.5. The van der Waals surface area contributed by atoms with Crippen LogP contribution in [0.5, 0.6) is 0 Å². The van der Waals surface area contributed by atoms with Crippen molar-refractivity contribution in [2.75, 3.05) is 26.2 Å². The van der Waals surface area contributed by atoms with Crippen LogP contribution in [0.3, 0.4) is 0 Å². The standard InChI is InChI=1S/C23H38N4O2.HI/c1-3-5-7-18(4-2)15-25-23(24-12-11-21-8-6-13-29-21)26-16-19-14-22(28)27(17-19)20-9-10-20;/h6,8,13,18-20H,3-5,7,9-12,14-17H2,1-2H3,(H2,24,25,26);1H. The summed E-state index contributed by atoms with van der Waals surface area (Å²) in [6.45, 7) is 7.82. The molecular formula is C23H39IN4O2. The van der Waals surface area contributed by atoms with E-state index in [1.807, 2.05) is 12.1 Å². The quantitative estimate of drug-likeness (QED) is 0.242. The number of carbonyl (C=O) groups is 1. The predicted molar refractivity (Wildman–Crippen MR) is 132 cm³/mol. The molecule has 2 aliphatic rings. The summed E-state index contributed by atoms with van der Waals surface area (Å²) in [5, 5.41) is 6.96. The Kier molecular flexibility index (Phi) is 11.0. The van der Waals surface area contributed by atoms with Gasteiger partial charge in [-0.05, 0) is 37.3 Å². The number of nitrogens with zero attached hydrogens (tertiary/aromatic N) is 2. The summed E-state index contributed by atoms with van der Waals surface area (Å²) in [6.07, 6.45) is 10.5. The number of amides is 1. The van der Waals surface area contributed by atoms with Crippen LogP contribution in [0, 0.1) is 11.8 Å². The molecular weight excluding hydrogens is 491 g/mol. The lowest BCUT2D eigenvalue weighted by Crippen LogP contribution is -2.41. The van der Waals surface area contributed by atoms with Crippen molar-refractivity contribution in [3.05, 3.63) is 24.2 Å². The van der Waals surface area contributed by atoms with Crippen molar-refractivity contribution in [1.82, 2.24) is 15.5 Å². The first-order valence-corrected chi connectivity index (χ1v) is 11.5. The Morgan fingerprint density at radius 1 is 1.33 bits per heavy atom. The second-order valence-corrected chi connectivity index (χ2v) is 8.59. The van der Waals surface area contributed by atoms with Crippen molar-refractivity contribution in [1.29, 1.82) is 0 Å². The van der Waals surface area contributed by atoms with Crippen LogP contribution >= 0.6 is 24.0 Å². The number of hydrogen-bond acceptors (Lipinski definition) is 3. The fourth-order valence-electron chi connectivity index (χ4n) is 4.00. The van der Waals surface area contributed by atoms with Crippen LogP contribution < -0.4 is 10.6 Å². The summed E-state index contributed by atoms with van der Waals surface area (Å²) in [5.41, 5.74) is 0. The van der Waals surface area contributed by atoms with E-state index in [-0.39, 0.29) is 24.0 Å². The highest BCUT2D eigenvalue weighted by Gasteiger charge is 2.39. The number of likely N-dealkylation sites (tertiary alicyclic amines) is 1. The van der Waals surface area contributed by atoms with Crippen molar-refractivity contribution in [3.63, 3.8) is 0 Å². The van der Waals surface area contributed by atoms with Gasteiger partial charge in [-0.25, -0.2) is 0 Å². The number of carbonyl (C=O) groups excluding carboxylic acids is 1. The van der Waals surface area contributed by atoms with Gasteiger partial charge < -0.3 is 20.0 Å². The fourth-order valence-corrected chi connectivity index (χ4v) is 4.00. The molecule has 7 heteroatoms. The van der Waals surface area contributed by atoms with Crippen LogP contribution in [0.4, 0.5) is 0 Å². The van der Waals surface area contributed by atoms with Crippen molar-refractivity contribution < 1.29 is 9.21 Å². The van der Waals surface area contributed by atoms with Gasteiger partial charge in [0.15, 0.2) is 5.96 Å². The molecule has 0 spiro atoms. The second-order valence-electron chi connectivity index (χ2n) is 8.59. The molecule has 1 aromatic heterocycles. The zero-order valence-electron chi connectivity index (χ0n) is 18.6. The summed E-state index contributed by atoms with van der Waals surface area (Å²) in [5.74, 6) is 3.19. The number of hydrogen-bond donors (Lipinski definition) is 2. The second kappa shape index (κ2) is 13.2. The van der Waals surface area contributed by atoms with Gasteiger partial charge in [0, 0.05) is 51.0 Å². The number of aliphatic imine (C=N–C) groups is 1. The molecule has 170 valence electrons. The van der Waals surface area contributed by atoms with Crippen molar-refractivity contribution in [2.45, 2.75) is 71.3 Å². The molecule has 1 saturated carbocycles. The Balaban J connectivity index is 0.00000320. The molecule has 1 aliphatic heterocycles. The minimum Gasteiger partial charge on any atom is -0.469 e. The average Bonchev–Trinajstić information content (AvgIpc) is 3.30. The third-order valence-electron chi connectivity index (χ3n) is 6.08. The Labute approximate surface area is 198 Å². The monoisotopic (exact) mass is 530 g/mol. The Morgan fingerprint density at radius 3 is 2.83 bits per heavy atom. The Bertz CT molecular complexity index is 646. The number of rotatable bonds is 12. The number of unbranched alkanes of at least 4 members (excludes halogenated alkanes) is 1. The molecule has 3 rings (SSSR count). The summed E-state index contributed by atoms with van der Waals surface area (Å²) in [7, 11) is 0. The third-order valence-corrected chi connectivity index (χ3v) is 6.08. The van der Waals surface area contributed by atoms with Gasteiger partial charge in [-0.1, -0.05) is 33.1 Å². The minimum absolute atomic E-state index is 0. The van der Waals surface area contributed by atoms with Crippen LogP contribution in [0.15, 0.2) is 27.8 Å². The molecule has 1 aromatic rings. The van der Waals surface area contributed by atoms with Crippen molar-refractivity contribution in [2.24, 2.45) is 16.8 Å². The maximum atomic E-state index is 12.2. The molecule has 30 heavy (non-hydrogen) atoms. The molecule has 0 radical (unpaired) electrons. The number of halogens is 1. The first kappa shape index (κ1) is 25.0. The van der Waals surface area contributed by atoms with E-state index in [0.717, 1.165) is 50.7 Å². The van der Waals surface area contributed by atoms with E-state index in [1.165, 1.54) is 32.1 Å².